The smallest absolute Gasteiger partial charge is 0.335 e. The van der Waals surface area contributed by atoms with Gasteiger partial charge in [0.05, 0.1) is 11.3 Å². The second-order valence-corrected chi connectivity index (χ2v) is 5.51. The average Bonchev–Trinajstić information content (AvgIpc) is 2.41. The standard InChI is InChI=1S/C15H19F3N2O/c1-10-6-2-4-8-12(10)19-14(21)20-13-9-5-3-7-11(13)15(16,17)18/h3,5,7,9-10,12H,2,4,6,8H2,1H3,(H2,19,20,21)/t10-,12-/m0/s1. The molecule has 2 N–H and O–H groups in total. The lowest BCUT2D eigenvalue weighted by atomic mass is 9.86. The van der Waals surface area contributed by atoms with Crippen LogP contribution in [0.15, 0.2) is 24.3 Å². The minimum atomic E-state index is -4.48. The van der Waals surface area contributed by atoms with Crippen LogP contribution in [-0.2, 0) is 6.18 Å². The lowest BCUT2D eigenvalue weighted by Crippen LogP contribution is -2.43. The first-order chi connectivity index (χ1) is 9.88. The van der Waals surface area contributed by atoms with Gasteiger partial charge in [0, 0.05) is 6.04 Å². The highest BCUT2D eigenvalue weighted by Gasteiger charge is 2.33. The van der Waals surface area contributed by atoms with Crippen LogP contribution in [0.25, 0.3) is 0 Å². The van der Waals surface area contributed by atoms with Crippen LogP contribution in [0.3, 0.4) is 0 Å². The van der Waals surface area contributed by atoms with Gasteiger partial charge in [-0.1, -0.05) is 31.9 Å². The number of hydrogen-bond acceptors (Lipinski definition) is 1. The van der Waals surface area contributed by atoms with E-state index >= 15 is 0 Å². The van der Waals surface area contributed by atoms with Gasteiger partial charge in [0.1, 0.15) is 0 Å². The number of amides is 2. The van der Waals surface area contributed by atoms with Gasteiger partial charge in [-0.2, -0.15) is 13.2 Å². The molecule has 1 aromatic rings. The van der Waals surface area contributed by atoms with Gasteiger partial charge < -0.3 is 10.6 Å². The highest BCUT2D eigenvalue weighted by atomic mass is 19.4. The molecule has 1 saturated carbocycles. The molecule has 0 bridgehead atoms. The minimum Gasteiger partial charge on any atom is -0.335 e. The van der Waals surface area contributed by atoms with Crippen molar-refractivity contribution in [1.82, 2.24) is 5.32 Å². The molecule has 116 valence electrons. The van der Waals surface area contributed by atoms with Crippen molar-refractivity contribution in [2.75, 3.05) is 5.32 Å². The van der Waals surface area contributed by atoms with Crippen molar-refractivity contribution in [3.8, 4) is 0 Å². The Morgan fingerprint density at radius 1 is 1.19 bits per heavy atom. The quantitative estimate of drug-likeness (QED) is 0.834. The molecule has 0 unspecified atom stereocenters. The van der Waals surface area contributed by atoms with Crippen molar-refractivity contribution >= 4 is 11.7 Å². The van der Waals surface area contributed by atoms with Gasteiger partial charge in [-0.3, -0.25) is 0 Å². The Labute approximate surface area is 121 Å². The largest absolute Gasteiger partial charge is 0.418 e. The molecule has 1 fully saturated rings. The van der Waals surface area contributed by atoms with Crippen LogP contribution in [-0.4, -0.2) is 12.1 Å². The maximum atomic E-state index is 12.8. The maximum absolute atomic E-state index is 12.8. The highest BCUT2D eigenvalue weighted by molar-refractivity contribution is 5.90. The minimum absolute atomic E-state index is 0.0248. The number of anilines is 1. The normalized spacial score (nSPS) is 22.7. The third-order valence-corrected chi connectivity index (χ3v) is 3.91. The molecule has 3 nitrogen and oxygen atoms in total. The molecule has 0 spiro atoms. The van der Waals surface area contributed by atoms with Gasteiger partial charge in [0.15, 0.2) is 0 Å². The summed E-state index contributed by atoms with van der Waals surface area (Å²) in [7, 11) is 0. The summed E-state index contributed by atoms with van der Waals surface area (Å²) in [5.74, 6) is 0.349. The Hall–Kier alpha value is -1.72. The lowest BCUT2D eigenvalue weighted by Gasteiger charge is -2.29. The van der Waals surface area contributed by atoms with E-state index in [1.165, 1.54) is 18.2 Å². The van der Waals surface area contributed by atoms with E-state index in [0.29, 0.717) is 5.92 Å². The number of urea groups is 1. The molecule has 0 heterocycles. The van der Waals surface area contributed by atoms with E-state index in [0.717, 1.165) is 31.7 Å². The summed E-state index contributed by atoms with van der Waals surface area (Å²) in [4.78, 5) is 11.9. The summed E-state index contributed by atoms with van der Waals surface area (Å²) in [6.45, 7) is 2.05. The van der Waals surface area contributed by atoms with Crippen molar-refractivity contribution in [2.45, 2.75) is 44.8 Å². The van der Waals surface area contributed by atoms with Crippen LogP contribution in [0, 0.1) is 5.92 Å². The predicted molar refractivity (Wildman–Crippen MR) is 75.0 cm³/mol. The van der Waals surface area contributed by atoms with Crippen LogP contribution in [0.1, 0.15) is 38.2 Å². The molecule has 1 aromatic carbocycles. The number of para-hydroxylation sites is 1. The second-order valence-electron chi connectivity index (χ2n) is 5.51. The first-order valence-corrected chi connectivity index (χ1v) is 7.11. The fourth-order valence-electron chi connectivity index (χ4n) is 2.70. The van der Waals surface area contributed by atoms with Crippen LogP contribution < -0.4 is 10.6 Å². The van der Waals surface area contributed by atoms with Crippen LogP contribution in [0.4, 0.5) is 23.7 Å². The number of carbonyl (C=O) groups excluding carboxylic acids is 1. The van der Waals surface area contributed by atoms with Gasteiger partial charge in [-0.05, 0) is 30.9 Å². The van der Waals surface area contributed by atoms with E-state index in [2.05, 4.69) is 10.6 Å². The number of nitrogens with one attached hydrogen (secondary N) is 2. The summed E-state index contributed by atoms with van der Waals surface area (Å²) in [6, 6.07) is 4.43. The monoisotopic (exact) mass is 300 g/mol. The summed E-state index contributed by atoms with van der Waals surface area (Å²) in [5.41, 5.74) is -1.05. The summed E-state index contributed by atoms with van der Waals surface area (Å²) in [5, 5.41) is 5.09. The molecular weight excluding hydrogens is 281 g/mol. The Kier molecular flexibility index (Phi) is 4.75. The Bertz CT molecular complexity index is 502. The molecule has 0 aromatic heterocycles. The van der Waals surface area contributed by atoms with Crippen molar-refractivity contribution in [2.24, 2.45) is 5.92 Å². The number of carbonyl (C=O) groups is 1. The molecule has 0 aliphatic heterocycles. The molecular formula is C15H19F3N2O. The number of benzene rings is 1. The van der Waals surface area contributed by atoms with Gasteiger partial charge in [-0.25, -0.2) is 4.79 Å². The number of rotatable bonds is 2. The van der Waals surface area contributed by atoms with Crippen LogP contribution in [0.5, 0.6) is 0 Å². The summed E-state index contributed by atoms with van der Waals surface area (Å²) >= 11 is 0. The second kappa shape index (κ2) is 6.37. The highest BCUT2D eigenvalue weighted by Crippen LogP contribution is 2.34. The molecule has 2 amide bonds. The van der Waals surface area contributed by atoms with Crippen molar-refractivity contribution in [3.63, 3.8) is 0 Å². The molecule has 2 atom stereocenters. The fraction of sp³-hybridized carbons (Fsp3) is 0.533. The molecule has 21 heavy (non-hydrogen) atoms. The van der Waals surface area contributed by atoms with Gasteiger partial charge in [-0.15, -0.1) is 0 Å². The van der Waals surface area contributed by atoms with Crippen LogP contribution in [0.2, 0.25) is 0 Å². The molecule has 0 saturated heterocycles. The number of hydrogen-bond donors (Lipinski definition) is 2. The zero-order chi connectivity index (χ0) is 15.5. The van der Waals surface area contributed by atoms with E-state index in [1.54, 1.807) is 0 Å². The van der Waals surface area contributed by atoms with Gasteiger partial charge in [0.25, 0.3) is 0 Å². The Morgan fingerprint density at radius 2 is 1.86 bits per heavy atom. The first-order valence-electron chi connectivity index (χ1n) is 7.11. The topological polar surface area (TPSA) is 41.1 Å². The fourth-order valence-corrected chi connectivity index (χ4v) is 2.70. The predicted octanol–water partition coefficient (Wildman–Crippen LogP) is 4.41. The van der Waals surface area contributed by atoms with E-state index in [1.807, 2.05) is 6.92 Å². The van der Waals surface area contributed by atoms with Crippen LogP contribution >= 0.6 is 0 Å². The van der Waals surface area contributed by atoms with E-state index in [-0.39, 0.29) is 11.7 Å². The number of alkyl halides is 3. The number of halogens is 3. The lowest BCUT2D eigenvalue weighted by molar-refractivity contribution is -0.136. The molecule has 0 radical (unpaired) electrons. The Morgan fingerprint density at radius 3 is 2.52 bits per heavy atom. The molecule has 2 rings (SSSR count). The SMILES string of the molecule is C[C@H]1CCCC[C@@H]1NC(=O)Nc1ccccc1C(F)(F)F. The van der Waals surface area contributed by atoms with Crippen molar-refractivity contribution in [1.29, 1.82) is 0 Å². The third-order valence-electron chi connectivity index (χ3n) is 3.91. The Balaban J connectivity index is 2.03. The summed E-state index contributed by atoms with van der Waals surface area (Å²) < 4.78 is 38.5. The molecule has 1 aliphatic rings. The molecule has 6 heteroatoms. The average molecular weight is 300 g/mol. The van der Waals surface area contributed by atoms with Crippen molar-refractivity contribution in [3.05, 3.63) is 29.8 Å². The first kappa shape index (κ1) is 15.7. The van der Waals surface area contributed by atoms with Crippen molar-refractivity contribution < 1.29 is 18.0 Å². The van der Waals surface area contributed by atoms with E-state index < -0.39 is 17.8 Å². The maximum Gasteiger partial charge on any atom is 0.418 e. The van der Waals surface area contributed by atoms with Gasteiger partial charge in [0.2, 0.25) is 0 Å². The van der Waals surface area contributed by atoms with Gasteiger partial charge >= 0.3 is 12.2 Å². The third kappa shape index (κ3) is 4.12. The van der Waals surface area contributed by atoms with E-state index in [4.69, 9.17) is 0 Å². The summed E-state index contributed by atoms with van der Waals surface area (Å²) in [6.07, 6.45) is -0.409. The van der Waals surface area contributed by atoms with E-state index in [9.17, 15) is 18.0 Å². The zero-order valence-electron chi connectivity index (χ0n) is 11.8. The molecule has 1 aliphatic carbocycles. The zero-order valence-corrected chi connectivity index (χ0v) is 11.8.